The molecule has 2 saturated carbocycles. The van der Waals surface area contributed by atoms with Crippen LogP contribution in [0.5, 0.6) is 0 Å². The van der Waals surface area contributed by atoms with Gasteiger partial charge in [-0.25, -0.2) is 4.99 Å². The monoisotopic (exact) mass is 440 g/mol. The Kier molecular flexibility index (Phi) is 7.80. The predicted molar refractivity (Wildman–Crippen MR) is 112 cm³/mol. The molecule has 1 aromatic rings. The van der Waals surface area contributed by atoms with Gasteiger partial charge in [-0.15, -0.1) is 0 Å². The quantitative estimate of drug-likeness (QED) is 0.482. The lowest BCUT2D eigenvalue weighted by Gasteiger charge is -2.25. The van der Waals surface area contributed by atoms with Gasteiger partial charge in [0.25, 0.3) is 0 Å². The van der Waals surface area contributed by atoms with Crippen LogP contribution >= 0.6 is 0 Å². The summed E-state index contributed by atoms with van der Waals surface area (Å²) in [4.78, 5) is 18.1. The fourth-order valence-electron chi connectivity index (χ4n) is 4.34. The molecule has 0 saturated heterocycles. The molecule has 2 N–H and O–H groups in total. The van der Waals surface area contributed by atoms with E-state index in [1.54, 1.807) is 32.3 Å². The van der Waals surface area contributed by atoms with E-state index in [2.05, 4.69) is 15.6 Å². The summed E-state index contributed by atoms with van der Waals surface area (Å²) in [5, 5.41) is 6.62. The van der Waals surface area contributed by atoms with Crippen LogP contribution in [0.15, 0.2) is 29.3 Å². The third-order valence-corrected chi connectivity index (χ3v) is 5.91. The van der Waals surface area contributed by atoms with Crippen LogP contribution in [-0.4, -0.2) is 56.2 Å². The summed E-state index contributed by atoms with van der Waals surface area (Å²) in [6.07, 6.45) is 0.565. The van der Waals surface area contributed by atoms with Crippen LogP contribution in [0.2, 0.25) is 0 Å². The number of likely N-dealkylation sites (N-methyl/N-ethyl adjacent to an activating group) is 1. The van der Waals surface area contributed by atoms with Gasteiger partial charge in [-0.1, -0.05) is 30.7 Å². The lowest BCUT2D eigenvalue weighted by atomic mass is 9.95. The van der Waals surface area contributed by atoms with Crippen LogP contribution < -0.4 is 10.6 Å². The van der Waals surface area contributed by atoms with Crippen molar-refractivity contribution in [3.63, 3.8) is 0 Å². The van der Waals surface area contributed by atoms with Crippen molar-refractivity contribution in [3.8, 4) is 0 Å². The van der Waals surface area contributed by atoms with Crippen molar-refractivity contribution in [2.75, 3.05) is 27.2 Å². The first-order chi connectivity index (χ1) is 14.7. The molecule has 1 amide bonds. The van der Waals surface area contributed by atoms with Crippen LogP contribution in [0, 0.1) is 11.8 Å². The molecule has 31 heavy (non-hydrogen) atoms. The number of halogens is 3. The zero-order valence-electron chi connectivity index (χ0n) is 18.0. The van der Waals surface area contributed by atoms with Crippen LogP contribution in [0.4, 0.5) is 13.2 Å². The number of benzene rings is 1. The summed E-state index contributed by atoms with van der Waals surface area (Å²) >= 11 is 0. The van der Waals surface area contributed by atoms with E-state index >= 15 is 0 Å². The summed E-state index contributed by atoms with van der Waals surface area (Å²) in [6.45, 7) is -0.885. The van der Waals surface area contributed by atoms with Crippen LogP contribution in [-0.2, 0) is 22.7 Å². The van der Waals surface area contributed by atoms with Gasteiger partial charge in [0.1, 0.15) is 6.61 Å². The number of nitrogens with zero attached hydrogens (tertiary/aromatic N) is 2. The Morgan fingerprint density at radius 2 is 2.00 bits per heavy atom. The second kappa shape index (κ2) is 10.3. The van der Waals surface area contributed by atoms with E-state index in [4.69, 9.17) is 4.74 Å². The Hall–Kier alpha value is -2.29. The number of aliphatic imine (C=N–C) groups is 1. The Morgan fingerprint density at radius 1 is 1.23 bits per heavy atom. The molecule has 0 radical (unpaired) electrons. The molecule has 3 atom stereocenters. The molecule has 0 aliphatic heterocycles. The Bertz CT molecular complexity index is 782. The molecule has 0 spiro atoms. The molecule has 1 aromatic carbocycles. The minimum absolute atomic E-state index is 0.0498. The van der Waals surface area contributed by atoms with Gasteiger partial charge in [0.2, 0.25) is 5.91 Å². The molecule has 2 aliphatic carbocycles. The number of hydrogen-bond donors (Lipinski definition) is 2. The number of alkyl halides is 3. The Labute approximate surface area is 181 Å². The fraction of sp³-hybridized carbons (Fsp3) is 0.636. The largest absolute Gasteiger partial charge is 0.411 e. The smallest absolute Gasteiger partial charge is 0.367 e. The van der Waals surface area contributed by atoms with E-state index in [9.17, 15) is 18.0 Å². The van der Waals surface area contributed by atoms with E-state index in [0.29, 0.717) is 30.0 Å². The van der Waals surface area contributed by atoms with E-state index in [-0.39, 0.29) is 19.1 Å². The maximum absolute atomic E-state index is 12.3. The molecule has 2 fully saturated rings. The van der Waals surface area contributed by atoms with E-state index in [0.717, 1.165) is 17.9 Å². The molecule has 0 heterocycles. The Balaban J connectivity index is 1.60. The van der Waals surface area contributed by atoms with Crippen molar-refractivity contribution in [1.29, 1.82) is 0 Å². The highest BCUT2D eigenvalue weighted by molar-refractivity contribution is 5.86. The molecule has 3 unspecified atom stereocenters. The molecule has 2 bridgehead atoms. The van der Waals surface area contributed by atoms with Crippen LogP contribution in [0.3, 0.4) is 0 Å². The normalized spacial score (nSPS) is 23.1. The highest BCUT2D eigenvalue weighted by Gasteiger charge is 2.39. The number of rotatable bonds is 8. The van der Waals surface area contributed by atoms with Gasteiger partial charge in [-0.05, 0) is 42.2 Å². The summed E-state index contributed by atoms with van der Waals surface area (Å²) in [5.41, 5.74) is 1.52. The zero-order valence-corrected chi connectivity index (χ0v) is 18.0. The first-order valence-corrected chi connectivity index (χ1v) is 10.7. The number of ether oxygens (including phenoxy) is 1. The third-order valence-electron chi connectivity index (χ3n) is 5.91. The third kappa shape index (κ3) is 7.41. The van der Waals surface area contributed by atoms with Gasteiger partial charge in [0.05, 0.1) is 19.7 Å². The molecule has 6 nitrogen and oxygen atoms in total. The summed E-state index contributed by atoms with van der Waals surface area (Å²) < 4.78 is 41.5. The number of guanidine groups is 1. The summed E-state index contributed by atoms with van der Waals surface area (Å²) in [7, 11) is 3.41. The molecule has 9 heteroatoms. The van der Waals surface area contributed by atoms with Crippen LogP contribution in [0.25, 0.3) is 0 Å². The van der Waals surface area contributed by atoms with E-state index in [1.165, 1.54) is 24.2 Å². The minimum atomic E-state index is -4.34. The standard InChI is InChI=1S/C22H31F3N4O2/c1-29(2)20(30)12-27-21(28-19-10-15-6-7-18(19)9-15)26-11-16-4-3-5-17(8-16)13-31-14-22(23,24)25/h3-5,8,15,18-19H,6-7,9-14H2,1-2H3,(H2,26,27,28). The van der Waals surface area contributed by atoms with E-state index in [1.807, 2.05) is 6.07 Å². The average molecular weight is 441 g/mol. The molecule has 0 aromatic heterocycles. The van der Waals surface area contributed by atoms with Crippen LogP contribution in [0.1, 0.15) is 36.8 Å². The zero-order chi connectivity index (χ0) is 22.4. The van der Waals surface area contributed by atoms with Crippen molar-refractivity contribution >= 4 is 11.9 Å². The molecular formula is C22H31F3N4O2. The number of hydrogen-bond acceptors (Lipinski definition) is 3. The van der Waals surface area contributed by atoms with Gasteiger partial charge < -0.3 is 20.3 Å². The predicted octanol–water partition coefficient (Wildman–Crippen LogP) is 3.08. The first-order valence-electron chi connectivity index (χ1n) is 10.7. The topological polar surface area (TPSA) is 66.0 Å². The van der Waals surface area contributed by atoms with Crippen molar-refractivity contribution in [2.24, 2.45) is 16.8 Å². The van der Waals surface area contributed by atoms with Crippen molar-refractivity contribution < 1.29 is 22.7 Å². The highest BCUT2D eigenvalue weighted by atomic mass is 19.4. The molecule has 2 aliphatic rings. The van der Waals surface area contributed by atoms with Gasteiger partial charge in [-0.2, -0.15) is 13.2 Å². The second-order valence-corrected chi connectivity index (χ2v) is 8.66. The first kappa shape index (κ1) is 23.4. The van der Waals surface area contributed by atoms with Gasteiger partial charge in [0, 0.05) is 20.1 Å². The molecule has 3 rings (SSSR count). The van der Waals surface area contributed by atoms with Gasteiger partial charge in [-0.3, -0.25) is 4.79 Å². The number of nitrogens with one attached hydrogen (secondary N) is 2. The van der Waals surface area contributed by atoms with Gasteiger partial charge >= 0.3 is 6.18 Å². The number of carbonyl (C=O) groups excluding carboxylic acids is 1. The number of amides is 1. The molecule has 172 valence electrons. The van der Waals surface area contributed by atoms with Gasteiger partial charge in [0.15, 0.2) is 5.96 Å². The maximum atomic E-state index is 12.3. The highest BCUT2D eigenvalue weighted by Crippen LogP contribution is 2.44. The van der Waals surface area contributed by atoms with Crippen molar-refractivity contribution in [1.82, 2.24) is 15.5 Å². The number of fused-ring (bicyclic) bond motifs is 2. The second-order valence-electron chi connectivity index (χ2n) is 8.66. The lowest BCUT2D eigenvalue weighted by molar-refractivity contribution is -0.176. The minimum Gasteiger partial charge on any atom is -0.367 e. The van der Waals surface area contributed by atoms with Crippen molar-refractivity contribution in [3.05, 3.63) is 35.4 Å². The summed E-state index contributed by atoms with van der Waals surface area (Å²) in [5.74, 6) is 1.97. The maximum Gasteiger partial charge on any atom is 0.411 e. The van der Waals surface area contributed by atoms with Crippen molar-refractivity contribution in [2.45, 2.75) is 51.1 Å². The SMILES string of the molecule is CN(C)C(=O)CNC(=NCc1cccc(COCC(F)(F)F)c1)NC1CC2CCC1C2. The molecular weight excluding hydrogens is 409 g/mol. The fourth-order valence-corrected chi connectivity index (χ4v) is 4.34. The number of carbonyl (C=O) groups is 1. The lowest BCUT2D eigenvalue weighted by Crippen LogP contribution is -2.48. The summed E-state index contributed by atoms with van der Waals surface area (Å²) in [6, 6.07) is 7.54. The van der Waals surface area contributed by atoms with E-state index < -0.39 is 12.8 Å². The average Bonchev–Trinajstić information content (AvgIpc) is 3.32. The Morgan fingerprint density at radius 3 is 2.65 bits per heavy atom.